The van der Waals surface area contributed by atoms with Gasteiger partial charge in [-0.3, -0.25) is 4.79 Å². The molecule has 0 spiro atoms. The fourth-order valence-corrected chi connectivity index (χ4v) is 1.71. The highest BCUT2D eigenvalue weighted by Crippen LogP contribution is 2.25. The molecule has 0 fully saturated rings. The first-order chi connectivity index (χ1) is 9.88. The van der Waals surface area contributed by atoms with Crippen LogP contribution in [0.25, 0.3) is 0 Å². The third kappa shape index (κ3) is 3.03. The van der Waals surface area contributed by atoms with Crippen molar-refractivity contribution in [2.24, 2.45) is 0 Å². The second-order valence-corrected chi connectivity index (χ2v) is 4.19. The Hall–Kier alpha value is -3.22. The number of anilines is 1. The van der Waals surface area contributed by atoms with Crippen LogP contribution in [0.5, 0.6) is 17.2 Å². The Labute approximate surface area is 118 Å². The molecule has 0 aliphatic carbocycles. The van der Waals surface area contributed by atoms with Crippen molar-refractivity contribution in [3.8, 4) is 17.2 Å². The summed E-state index contributed by atoms with van der Waals surface area (Å²) in [5, 5.41) is 39.5. The molecule has 5 N–H and O–H groups in total. The summed E-state index contributed by atoms with van der Waals surface area (Å²) in [7, 11) is 0. The summed E-state index contributed by atoms with van der Waals surface area (Å²) >= 11 is 0. The quantitative estimate of drug-likeness (QED) is 0.548. The van der Waals surface area contributed by atoms with E-state index in [1.807, 2.05) is 0 Å². The van der Waals surface area contributed by atoms with Gasteiger partial charge >= 0.3 is 5.97 Å². The van der Waals surface area contributed by atoms with Crippen molar-refractivity contribution < 1.29 is 30.0 Å². The number of aromatic carboxylic acids is 1. The number of phenols is 3. The van der Waals surface area contributed by atoms with Crippen molar-refractivity contribution in [2.45, 2.75) is 0 Å². The molecule has 0 aromatic heterocycles. The molecular formula is C14H11NO6. The number of benzene rings is 2. The number of hydrogen-bond acceptors (Lipinski definition) is 5. The van der Waals surface area contributed by atoms with Gasteiger partial charge < -0.3 is 25.7 Å². The maximum absolute atomic E-state index is 12.0. The number of nitrogens with one attached hydrogen (secondary N) is 1. The molecule has 0 bridgehead atoms. The summed E-state index contributed by atoms with van der Waals surface area (Å²) < 4.78 is 0. The first-order valence-corrected chi connectivity index (χ1v) is 5.78. The minimum absolute atomic E-state index is 0.0481. The Morgan fingerprint density at radius 3 is 2.05 bits per heavy atom. The van der Waals surface area contributed by atoms with E-state index < -0.39 is 11.9 Å². The number of amides is 1. The van der Waals surface area contributed by atoms with Crippen molar-refractivity contribution in [3.63, 3.8) is 0 Å². The van der Waals surface area contributed by atoms with Gasteiger partial charge in [-0.2, -0.15) is 0 Å². The highest BCUT2D eigenvalue weighted by atomic mass is 16.4. The number of carboxylic acid groups (broad SMARTS) is 1. The largest absolute Gasteiger partial charge is 0.508 e. The first kappa shape index (κ1) is 14.2. The number of rotatable bonds is 3. The Kier molecular flexibility index (Phi) is 3.66. The second kappa shape index (κ2) is 5.41. The zero-order chi connectivity index (χ0) is 15.6. The van der Waals surface area contributed by atoms with Crippen molar-refractivity contribution in [1.82, 2.24) is 0 Å². The van der Waals surface area contributed by atoms with Crippen molar-refractivity contribution in [3.05, 3.63) is 47.5 Å². The first-order valence-electron chi connectivity index (χ1n) is 5.78. The number of carbonyl (C=O) groups is 2. The van der Waals surface area contributed by atoms with E-state index in [9.17, 15) is 24.9 Å². The Morgan fingerprint density at radius 1 is 0.857 bits per heavy atom. The van der Waals surface area contributed by atoms with Crippen LogP contribution in [0.2, 0.25) is 0 Å². The highest BCUT2D eigenvalue weighted by molar-refractivity contribution is 6.09. The molecule has 0 atom stereocenters. The molecular weight excluding hydrogens is 278 g/mol. The lowest BCUT2D eigenvalue weighted by Gasteiger charge is -2.10. The second-order valence-electron chi connectivity index (χ2n) is 4.19. The van der Waals surface area contributed by atoms with Crippen molar-refractivity contribution in [2.75, 3.05) is 5.32 Å². The number of carboxylic acids is 1. The van der Waals surface area contributed by atoms with E-state index in [0.29, 0.717) is 0 Å². The molecule has 0 unspecified atom stereocenters. The maximum atomic E-state index is 12.0. The molecule has 0 saturated heterocycles. The van der Waals surface area contributed by atoms with E-state index in [-0.39, 0.29) is 34.1 Å². The Morgan fingerprint density at radius 2 is 1.43 bits per heavy atom. The van der Waals surface area contributed by atoms with Gasteiger partial charge in [0.25, 0.3) is 5.91 Å². The lowest BCUT2D eigenvalue weighted by atomic mass is 10.1. The molecule has 2 rings (SSSR count). The van der Waals surface area contributed by atoms with E-state index >= 15 is 0 Å². The summed E-state index contributed by atoms with van der Waals surface area (Å²) in [4.78, 5) is 23.1. The van der Waals surface area contributed by atoms with Gasteiger partial charge in [0.05, 0.1) is 16.8 Å². The summed E-state index contributed by atoms with van der Waals surface area (Å²) in [6.07, 6.45) is 0. The SMILES string of the molecule is O=C(Nc1ccc(O)cc1C(=O)O)c1cc(O)ccc1O. The normalized spacial score (nSPS) is 10.1. The van der Waals surface area contributed by atoms with Crippen LogP contribution in [0, 0.1) is 0 Å². The lowest BCUT2D eigenvalue weighted by Crippen LogP contribution is -2.15. The topological polar surface area (TPSA) is 127 Å². The highest BCUT2D eigenvalue weighted by Gasteiger charge is 2.17. The van der Waals surface area contributed by atoms with Gasteiger partial charge in [0.1, 0.15) is 17.2 Å². The molecule has 108 valence electrons. The average Bonchev–Trinajstić information content (AvgIpc) is 2.43. The van der Waals surface area contributed by atoms with Gasteiger partial charge in [-0.25, -0.2) is 4.79 Å². The molecule has 0 heterocycles. The van der Waals surface area contributed by atoms with Gasteiger partial charge in [0.2, 0.25) is 0 Å². The van der Waals surface area contributed by atoms with Gasteiger partial charge in [-0.1, -0.05) is 0 Å². The van der Waals surface area contributed by atoms with Crippen LogP contribution in [-0.2, 0) is 0 Å². The predicted molar refractivity (Wildman–Crippen MR) is 72.8 cm³/mol. The van der Waals surface area contributed by atoms with Crippen LogP contribution >= 0.6 is 0 Å². The third-order valence-electron chi connectivity index (χ3n) is 2.71. The minimum atomic E-state index is -1.33. The van der Waals surface area contributed by atoms with Crippen molar-refractivity contribution in [1.29, 1.82) is 0 Å². The van der Waals surface area contributed by atoms with E-state index in [1.54, 1.807) is 0 Å². The summed E-state index contributed by atoms with van der Waals surface area (Å²) in [6.45, 7) is 0. The molecule has 7 heteroatoms. The van der Waals surface area contributed by atoms with Crippen LogP contribution in [0.3, 0.4) is 0 Å². The van der Waals surface area contributed by atoms with Gasteiger partial charge in [0, 0.05) is 0 Å². The van der Waals surface area contributed by atoms with E-state index in [2.05, 4.69) is 5.32 Å². The average molecular weight is 289 g/mol. The molecule has 2 aromatic carbocycles. The predicted octanol–water partition coefficient (Wildman–Crippen LogP) is 1.75. The number of hydrogen-bond donors (Lipinski definition) is 5. The fraction of sp³-hybridized carbons (Fsp3) is 0. The summed E-state index contributed by atoms with van der Waals surface area (Å²) in [6, 6.07) is 6.81. The summed E-state index contributed by atoms with van der Waals surface area (Å²) in [5.41, 5.74) is -0.560. The smallest absolute Gasteiger partial charge is 0.337 e. The molecule has 7 nitrogen and oxygen atoms in total. The number of carbonyl (C=O) groups excluding carboxylic acids is 1. The Bertz CT molecular complexity index is 725. The van der Waals surface area contributed by atoms with Crippen LogP contribution < -0.4 is 5.32 Å². The zero-order valence-electron chi connectivity index (χ0n) is 10.6. The number of phenolic OH excluding ortho intramolecular Hbond substituents is 3. The Balaban J connectivity index is 2.36. The van der Waals surface area contributed by atoms with E-state index in [0.717, 1.165) is 18.2 Å². The van der Waals surface area contributed by atoms with Crippen LogP contribution in [0.15, 0.2) is 36.4 Å². The van der Waals surface area contributed by atoms with Crippen LogP contribution in [-0.4, -0.2) is 32.3 Å². The van der Waals surface area contributed by atoms with Crippen molar-refractivity contribution >= 4 is 17.6 Å². The molecule has 0 saturated carbocycles. The minimum Gasteiger partial charge on any atom is -0.508 e. The van der Waals surface area contributed by atoms with E-state index in [1.165, 1.54) is 18.2 Å². The third-order valence-corrected chi connectivity index (χ3v) is 2.71. The molecule has 0 radical (unpaired) electrons. The molecule has 21 heavy (non-hydrogen) atoms. The van der Waals surface area contributed by atoms with Gasteiger partial charge in [-0.15, -0.1) is 0 Å². The van der Waals surface area contributed by atoms with Gasteiger partial charge in [-0.05, 0) is 36.4 Å². The molecule has 0 aliphatic heterocycles. The molecule has 2 aromatic rings. The summed E-state index contributed by atoms with van der Waals surface area (Å²) in [5.74, 6) is -2.97. The van der Waals surface area contributed by atoms with Crippen LogP contribution in [0.4, 0.5) is 5.69 Å². The molecule has 0 aliphatic rings. The van der Waals surface area contributed by atoms with Crippen LogP contribution in [0.1, 0.15) is 20.7 Å². The fourth-order valence-electron chi connectivity index (χ4n) is 1.71. The maximum Gasteiger partial charge on any atom is 0.337 e. The monoisotopic (exact) mass is 289 g/mol. The van der Waals surface area contributed by atoms with E-state index in [4.69, 9.17) is 5.11 Å². The molecule has 1 amide bonds. The number of aromatic hydroxyl groups is 3. The standard InChI is InChI=1S/C14H11NO6/c16-7-1-3-11(9(5-7)14(20)21)15-13(19)10-6-8(17)2-4-12(10)18/h1-6,16-18H,(H,15,19)(H,20,21). The zero-order valence-corrected chi connectivity index (χ0v) is 10.6. The lowest BCUT2D eigenvalue weighted by molar-refractivity contribution is 0.0697. The van der Waals surface area contributed by atoms with Gasteiger partial charge in [0.15, 0.2) is 0 Å².